The van der Waals surface area contributed by atoms with Crippen molar-refractivity contribution in [3.8, 4) is 0 Å². The monoisotopic (exact) mass is 713 g/mol. The third kappa shape index (κ3) is 6.10. The van der Waals surface area contributed by atoms with E-state index in [1.807, 2.05) is 0 Å². The predicted octanol–water partition coefficient (Wildman–Crippen LogP) is 3.33. The zero-order valence-electron chi connectivity index (χ0n) is 27.4. The summed E-state index contributed by atoms with van der Waals surface area (Å²) in [5.41, 5.74) is 15.7. The maximum Gasteiger partial charge on any atom is -1.00 e. The van der Waals surface area contributed by atoms with Crippen molar-refractivity contribution in [2.75, 3.05) is 0 Å². The van der Waals surface area contributed by atoms with Crippen molar-refractivity contribution < 1.29 is 45.7 Å². The van der Waals surface area contributed by atoms with Crippen LogP contribution in [0.1, 0.15) is 105 Å². The van der Waals surface area contributed by atoms with Gasteiger partial charge in [-0.2, -0.15) is 0 Å². The minimum atomic E-state index is -2.54. The van der Waals surface area contributed by atoms with Crippen molar-refractivity contribution in [1.82, 2.24) is 0 Å². The molecule has 2 unspecified atom stereocenters. The molecule has 0 radical (unpaired) electrons. The topological polar surface area (TPSA) is 0 Å². The van der Waals surface area contributed by atoms with Crippen molar-refractivity contribution in [3.05, 3.63) is 141 Å². The summed E-state index contributed by atoms with van der Waals surface area (Å²) in [7, 11) is 0. The van der Waals surface area contributed by atoms with Gasteiger partial charge in [-0.3, -0.25) is 0 Å². The first-order chi connectivity index (χ1) is 20.2. The first-order valence-electron chi connectivity index (χ1n) is 15.8. The van der Waals surface area contributed by atoms with E-state index < -0.39 is 26.8 Å². The van der Waals surface area contributed by atoms with Crippen LogP contribution in [-0.2, 0) is 20.9 Å². The largest absolute Gasteiger partial charge is 1.00 e. The average Bonchev–Trinajstić information content (AvgIpc) is 3.50. The van der Waals surface area contributed by atoms with Crippen molar-refractivity contribution in [1.29, 1.82) is 0 Å². The van der Waals surface area contributed by atoms with Gasteiger partial charge in [0.25, 0.3) is 0 Å². The Morgan fingerprint density at radius 3 is 1.23 bits per heavy atom. The molecule has 0 N–H and O–H groups in total. The van der Waals surface area contributed by atoms with E-state index in [9.17, 15) is 0 Å². The van der Waals surface area contributed by atoms with Gasteiger partial charge in [-0.25, -0.2) is 0 Å². The predicted molar refractivity (Wildman–Crippen MR) is 183 cm³/mol. The fourth-order valence-electron chi connectivity index (χ4n) is 7.92. The Morgan fingerprint density at radius 2 is 0.886 bits per heavy atom. The summed E-state index contributed by atoms with van der Waals surface area (Å²) in [5, 5.41) is 3.27. The van der Waals surface area contributed by atoms with Gasteiger partial charge in [-0.05, 0) is 0 Å². The summed E-state index contributed by atoms with van der Waals surface area (Å²) >= 11 is -2.54. The number of rotatable bonds is 7. The quantitative estimate of drug-likeness (QED) is 0.258. The number of hydrogen-bond donors (Lipinski definition) is 0. The second-order valence-electron chi connectivity index (χ2n) is 13.3. The Labute approximate surface area is 287 Å². The van der Waals surface area contributed by atoms with Gasteiger partial charge in [0.15, 0.2) is 0 Å². The molecule has 0 spiro atoms. The number of allylic oxidation sites excluding steroid dienone is 2. The molecule has 44 heavy (non-hydrogen) atoms. The maximum absolute atomic E-state index is 2.61. The van der Waals surface area contributed by atoms with Crippen LogP contribution in [0.15, 0.2) is 96.1 Å². The second kappa shape index (κ2) is 14.2. The number of fused-ring (bicyclic) bond motifs is 2. The van der Waals surface area contributed by atoms with Crippen LogP contribution in [0, 0.1) is 13.8 Å². The second-order valence-corrected chi connectivity index (χ2v) is 29.0. The average molecular weight is 716 g/mol. The van der Waals surface area contributed by atoms with Gasteiger partial charge in [-0.1, -0.05) is 0 Å². The molecule has 0 saturated carbocycles. The molecule has 2 atom stereocenters. The maximum atomic E-state index is 2.61. The van der Waals surface area contributed by atoms with Crippen LogP contribution in [-0.4, -0.2) is 5.92 Å². The van der Waals surface area contributed by atoms with E-state index in [-0.39, 0.29) is 24.8 Å². The van der Waals surface area contributed by atoms with E-state index in [2.05, 4.69) is 152 Å². The van der Waals surface area contributed by atoms with E-state index in [1.54, 1.807) is 43.8 Å². The SMILES string of the molecule is CC1=Cc2c(C(C)C)ccc(C)c2[CH]1[Zr+2]([CH]1C(C)=Cc2c(C(C)C)ccc(C)c21)[SiH](c1ccccc1)c1ccccc1.[Cl-].[Cl-]. The summed E-state index contributed by atoms with van der Waals surface area (Å²) in [6.45, 7) is 19.2. The van der Waals surface area contributed by atoms with Crippen LogP contribution < -0.4 is 35.2 Å². The molecule has 2 aliphatic rings. The molecule has 4 aromatic rings. The van der Waals surface area contributed by atoms with Gasteiger partial charge in [-0.15, -0.1) is 0 Å². The number of aryl methyl sites for hydroxylation is 2. The van der Waals surface area contributed by atoms with Crippen LogP contribution >= 0.6 is 0 Å². The molecule has 0 bridgehead atoms. The van der Waals surface area contributed by atoms with E-state index in [0.29, 0.717) is 19.1 Å². The number of hydrogen-bond acceptors (Lipinski definition) is 0. The fraction of sp³-hybridized carbons (Fsp3) is 0.300. The summed E-state index contributed by atoms with van der Waals surface area (Å²) in [5.74, 6) is -0.526. The molecule has 0 aliphatic heterocycles. The molecule has 0 saturated heterocycles. The van der Waals surface area contributed by atoms with Gasteiger partial charge in [0.2, 0.25) is 0 Å². The molecule has 227 valence electrons. The van der Waals surface area contributed by atoms with Crippen LogP contribution in [0.4, 0.5) is 0 Å². The summed E-state index contributed by atoms with van der Waals surface area (Å²) in [4.78, 5) is 0. The molecular formula is C40H45Cl2SiZr. The van der Waals surface area contributed by atoms with Crippen molar-refractivity contribution >= 4 is 28.4 Å². The Hall–Kier alpha value is -1.96. The van der Waals surface area contributed by atoms with Crippen molar-refractivity contribution in [2.45, 2.75) is 74.5 Å². The molecule has 0 heterocycles. The smallest absolute Gasteiger partial charge is 1.00 e. The van der Waals surface area contributed by atoms with E-state index in [0.717, 1.165) is 0 Å². The third-order valence-electron chi connectivity index (χ3n) is 9.82. The van der Waals surface area contributed by atoms with Gasteiger partial charge in [0, 0.05) is 0 Å². The minimum absolute atomic E-state index is 0. The molecule has 0 aromatic heterocycles. The van der Waals surface area contributed by atoms with Gasteiger partial charge in [0.05, 0.1) is 0 Å². The van der Waals surface area contributed by atoms with Gasteiger partial charge in [0.1, 0.15) is 0 Å². The van der Waals surface area contributed by atoms with E-state index in [1.165, 1.54) is 22.3 Å². The Balaban J connectivity index is 0.00000221. The number of benzene rings is 4. The van der Waals surface area contributed by atoms with Gasteiger partial charge >= 0.3 is 264 Å². The summed E-state index contributed by atoms with van der Waals surface area (Å²) in [6, 6.07) is 33.2. The Bertz CT molecular complexity index is 1560. The molecule has 0 amide bonds. The van der Waals surface area contributed by atoms with Gasteiger partial charge < -0.3 is 24.8 Å². The van der Waals surface area contributed by atoms with E-state index >= 15 is 0 Å². The number of halogens is 2. The van der Waals surface area contributed by atoms with Crippen LogP contribution in [0.3, 0.4) is 0 Å². The Kier molecular flexibility index (Phi) is 11.3. The summed E-state index contributed by atoms with van der Waals surface area (Å²) < 4.78 is 1.17. The van der Waals surface area contributed by atoms with Crippen LogP contribution in [0.25, 0.3) is 12.2 Å². The van der Waals surface area contributed by atoms with Crippen LogP contribution in [0.2, 0.25) is 0 Å². The minimum Gasteiger partial charge on any atom is -1.00 e. The summed E-state index contributed by atoms with van der Waals surface area (Å²) in [6.07, 6.45) is 5.22. The molecular weight excluding hydrogens is 671 g/mol. The molecule has 2 aliphatic carbocycles. The molecule has 4 heteroatoms. The van der Waals surface area contributed by atoms with Crippen molar-refractivity contribution in [2.24, 2.45) is 0 Å². The normalized spacial score (nSPS) is 16.7. The standard InChI is InChI=1S/2C14H17.C12H11Si.2ClH.Zr/c2*1-9(2)12-6-5-11(4)13-7-10(3)8-14(12)13;1-3-7-11(8-4-1)13-12-9-5-2-6-10-12;;;/h2*5-9H,1-4H3;1-10,13H;2*1H;/q;;;;;+2/p-2. The van der Waals surface area contributed by atoms with Crippen molar-refractivity contribution in [3.63, 3.8) is 0 Å². The molecule has 0 nitrogen and oxygen atoms in total. The third-order valence-corrected chi connectivity index (χ3v) is 33.3. The zero-order valence-corrected chi connectivity index (χ0v) is 32.5. The van der Waals surface area contributed by atoms with E-state index in [4.69, 9.17) is 0 Å². The van der Waals surface area contributed by atoms with Crippen LogP contribution in [0.5, 0.6) is 0 Å². The zero-order chi connectivity index (χ0) is 29.7. The Morgan fingerprint density at radius 1 is 0.523 bits per heavy atom. The fourth-order valence-corrected chi connectivity index (χ4v) is 36.8. The molecule has 4 aromatic carbocycles. The first-order valence-corrected chi connectivity index (χ1v) is 24.6. The molecule has 6 rings (SSSR count). The molecule has 0 fully saturated rings. The first kappa shape index (κ1) is 34.9.